The molecule has 1 aromatic rings. The highest BCUT2D eigenvalue weighted by Crippen LogP contribution is 2.28. The Bertz CT molecular complexity index is 534. The van der Waals surface area contributed by atoms with Crippen LogP contribution in [0.3, 0.4) is 0 Å². The van der Waals surface area contributed by atoms with E-state index in [0.29, 0.717) is 19.0 Å². The molecule has 1 N–H and O–H groups in total. The Balaban J connectivity index is 2.00. The largest absolute Gasteiger partial charge is 0.343 e. The summed E-state index contributed by atoms with van der Waals surface area (Å²) in [5.41, 5.74) is 2.12. The van der Waals surface area contributed by atoms with Gasteiger partial charge in [-0.3, -0.25) is 9.59 Å². The number of nitrogens with one attached hydrogen (secondary N) is 1. The summed E-state index contributed by atoms with van der Waals surface area (Å²) in [5, 5.41) is 3.10. The molecule has 0 radical (unpaired) electrons. The van der Waals surface area contributed by atoms with Crippen molar-refractivity contribution < 1.29 is 9.59 Å². The summed E-state index contributed by atoms with van der Waals surface area (Å²) in [4.78, 5) is 25.7. The van der Waals surface area contributed by atoms with Gasteiger partial charge in [0.2, 0.25) is 11.8 Å². The molecule has 0 saturated carbocycles. The molecule has 1 atom stereocenters. The van der Waals surface area contributed by atoms with E-state index in [-0.39, 0.29) is 17.7 Å². The second-order valence-electron chi connectivity index (χ2n) is 6.17. The monoisotopic (exact) mass is 302 g/mol. The summed E-state index contributed by atoms with van der Waals surface area (Å²) >= 11 is 0. The van der Waals surface area contributed by atoms with Crippen molar-refractivity contribution in [2.45, 2.75) is 46.0 Å². The molecule has 1 aromatic carbocycles. The van der Waals surface area contributed by atoms with Crippen LogP contribution < -0.4 is 5.32 Å². The van der Waals surface area contributed by atoms with Crippen molar-refractivity contribution >= 4 is 17.5 Å². The van der Waals surface area contributed by atoms with Crippen LogP contribution in [0.4, 0.5) is 5.69 Å². The predicted octanol–water partition coefficient (Wildman–Crippen LogP) is 3.40. The fourth-order valence-corrected chi connectivity index (χ4v) is 2.95. The molecule has 1 aliphatic rings. The number of rotatable bonds is 4. The average molecular weight is 302 g/mol. The van der Waals surface area contributed by atoms with Crippen molar-refractivity contribution in [3.63, 3.8) is 0 Å². The molecule has 0 aliphatic carbocycles. The van der Waals surface area contributed by atoms with Gasteiger partial charge in [-0.15, -0.1) is 0 Å². The number of para-hydroxylation sites is 1. The topological polar surface area (TPSA) is 49.4 Å². The van der Waals surface area contributed by atoms with Gasteiger partial charge in [0.05, 0.1) is 0 Å². The molecule has 2 amide bonds. The van der Waals surface area contributed by atoms with Crippen LogP contribution in [0.1, 0.15) is 51.5 Å². The maximum absolute atomic E-state index is 12.5. The fraction of sp³-hybridized carbons (Fsp3) is 0.556. The summed E-state index contributed by atoms with van der Waals surface area (Å²) in [6, 6.07) is 8.04. The molecular weight excluding hydrogens is 276 g/mol. The van der Waals surface area contributed by atoms with Gasteiger partial charge >= 0.3 is 0 Å². The van der Waals surface area contributed by atoms with Crippen LogP contribution in [0.2, 0.25) is 0 Å². The number of anilines is 1. The fourth-order valence-electron chi connectivity index (χ4n) is 2.95. The first-order chi connectivity index (χ1) is 10.5. The molecule has 0 bridgehead atoms. The molecule has 1 heterocycles. The second kappa shape index (κ2) is 7.43. The molecule has 1 aliphatic heterocycles. The molecule has 22 heavy (non-hydrogen) atoms. The van der Waals surface area contributed by atoms with Gasteiger partial charge in [0.1, 0.15) is 0 Å². The van der Waals surface area contributed by atoms with E-state index in [1.165, 1.54) is 5.56 Å². The van der Waals surface area contributed by atoms with Crippen LogP contribution in [0, 0.1) is 5.92 Å². The molecule has 2 rings (SSSR count). The van der Waals surface area contributed by atoms with Crippen molar-refractivity contribution in [2.75, 3.05) is 18.4 Å². The molecule has 120 valence electrons. The number of carbonyl (C=O) groups is 2. The van der Waals surface area contributed by atoms with Crippen LogP contribution in [-0.2, 0) is 9.59 Å². The third-order valence-corrected chi connectivity index (χ3v) is 4.67. The van der Waals surface area contributed by atoms with Gasteiger partial charge < -0.3 is 10.2 Å². The Morgan fingerprint density at radius 1 is 1.27 bits per heavy atom. The lowest BCUT2D eigenvalue weighted by molar-refractivity contribution is -0.132. The van der Waals surface area contributed by atoms with Crippen molar-refractivity contribution in [3.05, 3.63) is 29.8 Å². The molecule has 4 nitrogen and oxygen atoms in total. The van der Waals surface area contributed by atoms with Gasteiger partial charge in [-0.1, -0.05) is 32.0 Å². The van der Waals surface area contributed by atoms with E-state index >= 15 is 0 Å². The summed E-state index contributed by atoms with van der Waals surface area (Å²) in [6.07, 6.45) is 2.54. The van der Waals surface area contributed by atoms with Gasteiger partial charge in [0.15, 0.2) is 0 Å². The Hall–Kier alpha value is -1.84. The van der Waals surface area contributed by atoms with E-state index in [1.807, 2.05) is 23.1 Å². The standard InChI is InChI=1S/C18H26N2O2/c1-4-13(2)16-7-5-6-8-17(16)19-18(22)15-9-11-20(12-10-15)14(3)21/h5-8,13,15H,4,9-12H2,1-3H3,(H,19,22). The van der Waals surface area contributed by atoms with E-state index in [1.54, 1.807) is 6.92 Å². The SMILES string of the molecule is CCC(C)c1ccccc1NC(=O)C1CCN(C(C)=O)CC1. The minimum atomic E-state index is 0.000545. The molecule has 0 spiro atoms. The number of benzene rings is 1. The van der Waals surface area contributed by atoms with Crippen LogP contribution >= 0.6 is 0 Å². The summed E-state index contributed by atoms with van der Waals surface area (Å²) in [7, 11) is 0. The zero-order valence-electron chi connectivity index (χ0n) is 13.8. The van der Waals surface area contributed by atoms with Gasteiger partial charge in [0, 0.05) is 31.6 Å². The highest BCUT2D eigenvalue weighted by Gasteiger charge is 2.26. The van der Waals surface area contributed by atoms with E-state index < -0.39 is 0 Å². The zero-order chi connectivity index (χ0) is 16.1. The Kier molecular flexibility index (Phi) is 5.58. The molecule has 0 aromatic heterocycles. The number of likely N-dealkylation sites (tertiary alicyclic amines) is 1. The first-order valence-electron chi connectivity index (χ1n) is 8.18. The lowest BCUT2D eigenvalue weighted by atomic mass is 9.94. The lowest BCUT2D eigenvalue weighted by Crippen LogP contribution is -2.40. The van der Waals surface area contributed by atoms with Gasteiger partial charge in [-0.2, -0.15) is 0 Å². The number of hydrogen-bond acceptors (Lipinski definition) is 2. The molecule has 4 heteroatoms. The van der Waals surface area contributed by atoms with E-state index in [0.717, 1.165) is 24.9 Å². The summed E-state index contributed by atoms with van der Waals surface area (Å²) in [6.45, 7) is 7.28. The quantitative estimate of drug-likeness (QED) is 0.926. The van der Waals surface area contributed by atoms with Crippen molar-refractivity contribution in [2.24, 2.45) is 5.92 Å². The maximum Gasteiger partial charge on any atom is 0.227 e. The third kappa shape index (κ3) is 3.87. The normalized spacial score (nSPS) is 17.1. The molecule has 1 unspecified atom stereocenters. The summed E-state index contributed by atoms with van der Waals surface area (Å²) in [5.74, 6) is 0.608. The lowest BCUT2D eigenvalue weighted by Gasteiger charge is -2.30. The minimum absolute atomic E-state index is 0.000545. The van der Waals surface area contributed by atoms with Crippen LogP contribution in [0.15, 0.2) is 24.3 Å². The number of hydrogen-bond donors (Lipinski definition) is 1. The highest BCUT2D eigenvalue weighted by molar-refractivity contribution is 5.93. The second-order valence-corrected chi connectivity index (χ2v) is 6.17. The van der Waals surface area contributed by atoms with E-state index in [2.05, 4.69) is 25.2 Å². The Morgan fingerprint density at radius 3 is 2.50 bits per heavy atom. The number of carbonyl (C=O) groups excluding carboxylic acids is 2. The first-order valence-corrected chi connectivity index (χ1v) is 8.18. The Morgan fingerprint density at radius 2 is 1.91 bits per heavy atom. The average Bonchev–Trinajstić information content (AvgIpc) is 2.54. The summed E-state index contributed by atoms with van der Waals surface area (Å²) < 4.78 is 0. The first kappa shape index (κ1) is 16.5. The zero-order valence-corrected chi connectivity index (χ0v) is 13.8. The smallest absolute Gasteiger partial charge is 0.227 e. The van der Waals surface area contributed by atoms with E-state index in [9.17, 15) is 9.59 Å². The van der Waals surface area contributed by atoms with Crippen molar-refractivity contribution in [3.8, 4) is 0 Å². The predicted molar refractivity (Wildman–Crippen MR) is 88.8 cm³/mol. The van der Waals surface area contributed by atoms with Gasteiger partial charge in [0.25, 0.3) is 0 Å². The van der Waals surface area contributed by atoms with Gasteiger partial charge in [-0.05, 0) is 36.8 Å². The molecule has 1 saturated heterocycles. The van der Waals surface area contributed by atoms with Gasteiger partial charge in [-0.25, -0.2) is 0 Å². The van der Waals surface area contributed by atoms with Crippen molar-refractivity contribution in [1.29, 1.82) is 0 Å². The van der Waals surface area contributed by atoms with Crippen LogP contribution in [-0.4, -0.2) is 29.8 Å². The van der Waals surface area contributed by atoms with Crippen LogP contribution in [0.5, 0.6) is 0 Å². The van der Waals surface area contributed by atoms with Crippen LogP contribution in [0.25, 0.3) is 0 Å². The Labute approximate surface area is 132 Å². The maximum atomic E-state index is 12.5. The molecular formula is C18H26N2O2. The number of piperidine rings is 1. The number of nitrogens with zero attached hydrogens (tertiary/aromatic N) is 1. The highest BCUT2D eigenvalue weighted by atomic mass is 16.2. The van der Waals surface area contributed by atoms with E-state index in [4.69, 9.17) is 0 Å². The number of amides is 2. The van der Waals surface area contributed by atoms with Crippen molar-refractivity contribution in [1.82, 2.24) is 4.90 Å². The molecule has 1 fully saturated rings. The third-order valence-electron chi connectivity index (χ3n) is 4.67. The minimum Gasteiger partial charge on any atom is -0.343 e.